The first-order valence-corrected chi connectivity index (χ1v) is 10.9. The Labute approximate surface area is 165 Å². The molecular formula is C20H21N3O2S2. The molecule has 3 aromatic heterocycles. The number of thiophene rings is 1. The van der Waals surface area contributed by atoms with Crippen molar-refractivity contribution in [2.75, 3.05) is 5.75 Å². The Morgan fingerprint density at radius 2 is 2.22 bits per heavy atom. The minimum atomic E-state index is -0.00791. The van der Waals surface area contributed by atoms with Gasteiger partial charge in [-0.2, -0.15) is 0 Å². The first-order valence-electron chi connectivity index (χ1n) is 9.14. The van der Waals surface area contributed by atoms with Crippen molar-refractivity contribution in [1.29, 1.82) is 0 Å². The summed E-state index contributed by atoms with van der Waals surface area (Å²) in [4.78, 5) is 35.4. The highest BCUT2D eigenvalue weighted by Crippen LogP contribution is 2.34. The summed E-state index contributed by atoms with van der Waals surface area (Å²) in [6.07, 6.45) is 8.94. The molecule has 3 heterocycles. The van der Waals surface area contributed by atoms with Crippen LogP contribution in [0, 0.1) is 0 Å². The van der Waals surface area contributed by atoms with Crippen LogP contribution in [0.2, 0.25) is 0 Å². The molecule has 0 atom stereocenters. The Morgan fingerprint density at radius 1 is 1.37 bits per heavy atom. The minimum absolute atomic E-state index is 0.00544. The number of ketones is 1. The zero-order valence-corrected chi connectivity index (χ0v) is 16.6. The van der Waals surface area contributed by atoms with Crippen LogP contribution in [0.3, 0.4) is 0 Å². The fourth-order valence-corrected chi connectivity index (χ4v) is 5.70. The molecular weight excluding hydrogens is 378 g/mol. The van der Waals surface area contributed by atoms with Gasteiger partial charge in [-0.25, -0.2) is 4.98 Å². The third-order valence-electron chi connectivity index (χ3n) is 4.83. The predicted octanol–water partition coefficient (Wildman–Crippen LogP) is 4.22. The fourth-order valence-electron chi connectivity index (χ4n) is 3.51. The molecule has 0 saturated heterocycles. The van der Waals surface area contributed by atoms with Crippen LogP contribution in [0.4, 0.5) is 0 Å². The van der Waals surface area contributed by atoms with E-state index in [1.54, 1.807) is 40.3 Å². The average Bonchev–Trinajstić information content (AvgIpc) is 3.26. The number of H-pyrrole nitrogens is 1. The molecule has 0 fully saturated rings. The molecule has 1 N–H and O–H groups in total. The van der Waals surface area contributed by atoms with Gasteiger partial charge in [0.05, 0.1) is 16.8 Å². The van der Waals surface area contributed by atoms with Crippen LogP contribution in [-0.4, -0.2) is 26.1 Å². The van der Waals surface area contributed by atoms with Crippen LogP contribution in [-0.2, 0) is 19.4 Å². The van der Waals surface area contributed by atoms with E-state index in [1.807, 2.05) is 0 Å². The number of rotatable bonds is 6. The van der Waals surface area contributed by atoms with Crippen LogP contribution >= 0.6 is 23.1 Å². The summed E-state index contributed by atoms with van der Waals surface area (Å²) >= 11 is 2.96. The molecule has 0 bridgehead atoms. The van der Waals surface area contributed by atoms with E-state index in [2.05, 4.69) is 11.6 Å². The van der Waals surface area contributed by atoms with Gasteiger partial charge in [0.2, 0.25) is 0 Å². The second kappa shape index (κ2) is 7.86. The first kappa shape index (κ1) is 18.3. The van der Waals surface area contributed by atoms with Crippen molar-refractivity contribution < 1.29 is 4.79 Å². The van der Waals surface area contributed by atoms with Crippen molar-refractivity contribution in [1.82, 2.24) is 14.5 Å². The number of carbonyl (C=O) groups excluding carboxylic acids is 1. The summed E-state index contributed by atoms with van der Waals surface area (Å²) in [5, 5.41) is 1.36. The molecule has 27 heavy (non-hydrogen) atoms. The third kappa shape index (κ3) is 3.53. The molecule has 4 rings (SSSR count). The van der Waals surface area contributed by atoms with Gasteiger partial charge < -0.3 is 4.98 Å². The Balaban J connectivity index is 1.73. The van der Waals surface area contributed by atoms with Gasteiger partial charge in [-0.05, 0) is 43.4 Å². The highest BCUT2D eigenvalue weighted by atomic mass is 32.2. The summed E-state index contributed by atoms with van der Waals surface area (Å²) in [6.45, 7) is 4.17. The van der Waals surface area contributed by atoms with Crippen LogP contribution in [0.15, 0.2) is 40.9 Å². The summed E-state index contributed by atoms with van der Waals surface area (Å²) in [7, 11) is 0. The Bertz CT molecular complexity index is 1050. The molecule has 0 unspecified atom stereocenters. The summed E-state index contributed by atoms with van der Waals surface area (Å²) in [5.74, 6) is 0.229. The molecule has 0 saturated carbocycles. The Morgan fingerprint density at radius 3 is 3.00 bits per heavy atom. The highest BCUT2D eigenvalue weighted by molar-refractivity contribution is 7.99. The van der Waals surface area contributed by atoms with Gasteiger partial charge in [-0.3, -0.25) is 14.2 Å². The zero-order valence-electron chi connectivity index (χ0n) is 15.0. The molecule has 1 aliphatic rings. The number of allylic oxidation sites excluding steroid dienone is 1. The fraction of sp³-hybridized carbons (Fsp3) is 0.350. The molecule has 7 heteroatoms. The maximum absolute atomic E-state index is 13.2. The second-order valence-corrected chi connectivity index (χ2v) is 8.67. The molecule has 0 aliphatic heterocycles. The SMILES string of the molecule is C=CCn1c(SCC(=O)c2ccc[nH]2)nc2sc3c(c2c1=O)CCCCC3. The van der Waals surface area contributed by atoms with Crippen LogP contribution < -0.4 is 5.56 Å². The number of nitrogens with one attached hydrogen (secondary N) is 1. The van der Waals surface area contributed by atoms with Crippen LogP contribution in [0.1, 0.15) is 40.2 Å². The van der Waals surface area contributed by atoms with E-state index in [0.29, 0.717) is 17.4 Å². The van der Waals surface area contributed by atoms with Crippen molar-refractivity contribution in [2.45, 2.75) is 43.8 Å². The number of carbonyl (C=O) groups is 1. The maximum atomic E-state index is 13.2. The van der Waals surface area contributed by atoms with Crippen molar-refractivity contribution in [2.24, 2.45) is 0 Å². The molecule has 0 amide bonds. The number of hydrogen-bond donors (Lipinski definition) is 1. The van der Waals surface area contributed by atoms with Gasteiger partial charge in [0.15, 0.2) is 10.9 Å². The lowest BCUT2D eigenvalue weighted by Gasteiger charge is -2.10. The van der Waals surface area contributed by atoms with E-state index in [4.69, 9.17) is 4.98 Å². The smallest absolute Gasteiger partial charge is 0.263 e. The van der Waals surface area contributed by atoms with Gasteiger partial charge >= 0.3 is 0 Å². The summed E-state index contributed by atoms with van der Waals surface area (Å²) in [5.41, 5.74) is 1.76. The molecule has 1 aliphatic carbocycles. The molecule has 0 aromatic carbocycles. The number of hydrogen-bond acceptors (Lipinski definition) is 5. The maximum Gasteiger partial charge on any atom is 0.263 e. The van der Waals surface area contributed by atoms with Gasteiger partial charge in [0.1, 0.15) is 4.83 Å². The number of aromatic nitrogens is 3. The molecule has 140 valence electrons. The zero-order chi connectivity index (χ0) is 18.8. The van der Waals surface area contributed by atoms with E-state index >= 15 is 0 Å². The number of aryl methyl sites for hydroxylation is 2. The van der Waals surface area contributed by atoms with Gasteiger partial charge in [0, 0.05) is 17.6 Å². The first-order chi connectivity index (χ1) is 13.2. The molecule has 3 aromatic rings. The van der Waals surface area contributed by atoms with Gasteiger partial charge in [-0.15, -0.1) is 17.9 Å². The second-order valence-electron chi connectivity index (χ2n) is 6.64. The predicted molar refractivity (Wildman–Crippen MR) is 111 cm³/mol. The number of aromatic amines is 1. The Kier molecular flexibility index (Phi) is 5.31. The van der Waals surface area contributed by atoms with Crippen molar-refractivity contribution in [3.8, 4) is 0 Å². The molecule has 0 radical (unpaired) electrons. The van der Waals surface area contributed by atoms with Gasteiger partial charge in [0.25, 0.3) is 5.56 Å². The molecule has 0 spiro atoms. The number of fused-ring (bicyclic) bond motifs is 3. The lowest BCUT2D eigenvalue weighted by molar-refractivity contribution is 0.101. The average molecular weight is 400 g/mol. The summed E-state index contributed by atoms with van der Waals surface area (Å²) < 4.78 is 1.65. The van der Waals surface area contributed by atoms with Gasteiger partial charge in [-0.1, -0.05) is 24.3 Å². The number of nitrogens with zero attached hydrogens (tertiary/aromatic N) is 2. The standard InChI is InChI=1S/C20H21N3O2S2/c1-2-11-23-19(25)17-13-7-4-3-5-9-16(13)27-18(17)22-20(23)26-12-15(24)14-8-6-10-21-14/h2,6,8,10,21H,1,3-5,7,9,11-12H2. The topological polar surface area (TPSA) is 67.8 Å². The van der Waals surface area contributed by atoms with E-state index in [-0.39, 0.29) is 17.1 Å². The van der Waals surface area contributed by atoms with E-state index in [9.17, 15) is 9.59 Å². The van der Waals surface area contributed by atoms with Crippen molar-refractivity contribution in [3.63, 3.8) is 0 Å². The highest BCUT2D eigenvalue weighted by Gasteiger charge is 2.21. The third-order valence-corrected chi connectivity index (χ3v) is 6.99. The van der Waals surface area contributed by atoms with Crippen LogP contribution in [0.25, 0.3) is 10.2 Å². The van der Waals surface area contributed by atoms with Crippen molar-refractivity contribution in [3.05, 3.63) is 57.5 Å². The minimum Gasteiger partial charge on any atom is -0.359 e. The van der Waals surface area contributed by atoms with E-state index in [1.165, 1.54) is 35.0 Å². The Hall–Kier alpha value is -2.12. The number of thioether (sulfide) groups is 1. The lowest BCUT2D eigenvalue weighted by atomic mass is 10.1. The monoisotopic (exact) mass is 399 g/mol. The summed E-state index contributed by atoms with van der Waals surface area (Å²) in [6, 6.07) is 3.56. The molecule has 5 nitrogen and oxygen atoms in total. The number of Topliss-reactive ketones (excluding diaryl/α,β-unsaturated/α-hetero) is 1. The van der Waals surface area contributed by atoms with Crippen molar-refractivity contribution >= 4 is 39.1 Å². The largest absolute Gasteiger partial charge is 0.359 e. The van der Waals surface area contributed by atoms with E-state index in [0.717, 1.165) is 29.5 Å². The van der Waals surface area contributed by atoms with Crippen LogP contribution in [0.5, 0.6) is 0 Å². The quantitative estimate of drug-likeness (QED) is 0.222. The lowest BCUT2D eigenvalue weighted by Crippen LogP contribution is -2.23. The normalized spacial score (nSPS) is 14.1. The van der Waals surface area contributed by atoms with E-state index < -0.39 is 0 Å².